The van der Waals surface area contributed by atoms with Crippen LogP contribution in [0.25, 0.3) is 0 Å². The van der Waals surface area contributed by atoms with Crippen molar-refractivity contribution in [1.29, 1.82) is 0 Å². The predicted molar refractivity (Wildman–Crippen MR) is 120 cm³/mol. The van der Waals surface area contributed by atoms with E-state index in [4.69, 9.17) is 34.8 Å². The van der Waals surface area contributed by atoms with Gasteiger partial charge in [0.25, 0.3) is 10.0 Å². The van der Waals surface area contributed by atoms with Gasteiger partial charge in [0.15, 0.2) is 0 Å². The normalized spacial score (nSPS) is 12.4. The van der Waals surface area contributed by atoms with Crippen molar-refractivity contribution in [3.8, 4) is 0 Å². The zero-order chi connectivity index (χ0) is 22.1. The Bertz CT molecular complexity index is 1310. The van der Waals surface area contributed by atoms with Crippen molar-refractivity contribution in [3.05, 3.63) is 74.0 Å². The minimum absolute atomic E-state index is 0.0103. The second-order valence-electron chi connectivity index (χ2n) is 5.96. The van der Waals surface area contributed by atoms with Gasteiger partial charge in [0.2, 0.25) is 9.84 Å². The van der Waals surface area contributed by atoms with Crippen LogP contribution in [0.1, 0.15) is 11.1 Å². The number of nitrogens with one attached hydrogen (secondary N) is 1. The van der Waals surface area contributed by atoms with Crippen LogP contribution in [-0.2, 0) is 19.9 Å². The molecule has 0 bridgehead atoms. The molecular weight excluding hydrogens is 511 g/mol. The Balaban J connectivity index is 1.90. The fourth-order valence-corrected chi connectivity index (χ4v) is 7.37. The fourth-order valence-electron chi connectivity index (χ4n) is 2.49. The summed E-state index contributed by atoms with van der Waals surface area (Å²) >= 11 is 18.6. The summed E-state index contributed by atoms with van der Waals surface area (Å²) in [6.07, 6.45) is 1.18. The van der Waals surface area contributed by atoms with Crippen molar-refractivity contribution >= 4 is 72.2 Å². The molecule has 158 valence electrons. The van der Waals surface area contributed by atoms with E-state index in [0.29, 0.717) is 20.6 Å². The highest BCUT2D eigenvalue weighted by Crippen LogP contribution is 2.33. The third-order valence-corrected chi connectivity index (χ3v) is 9.89. The van der Waals surface area contributed by atoms with Crippen LogP contribution in [0.3, 0.4) is 0 Å². The van der Waals surface area contributed by atoms with E-state index in [1.807, 2.05) is 0 Å². The van der Waals surface area contributed by atoms with Crippen molar-refractivity contribution in [2.24, 2.45) is 5.10 Å². The maximum absolute atomic E-state index is 12.9. The molecule has 2 aromatic carbocycles. The lowest BCUT2D eigenvalue weighted by Crippen LogP contribution is -2.18. The van der Waals surface area contributed by atoms with Crippen LogP contribution in [0.5, 0.6) is 0 Å². The van der Waals surface area contributed by atoms with E-state index in [2.05, 4.69) is 9.93 Å². The highest BCUT2D eigenvalue weighted by atomic mass is 35.5. The fraction of sp³-hybridized carbons (Fsp3) is 0.0556. The van der Waals surface area contributed by atoms with Gasteiger partial charge in [-0.1, -0.05) is 40.9 Å². The first kappa shape index (κ1) is 23.1. The topological polar surface area (TPSA) is 92.7 Å². The summed E-state index contributed by atoms with van der Waals surface area (Å²) in [5.41, 5.74) is 0.436. The molecule has 3 aromatic rings. The van der Waals surface area contributed by atoms with Crippen LogP contribution in [0.2, 0.25) is 15.1 Å². The molecule has 0 radical (unpaired) electrons. The smallest absolute Gasteiger partial charge is 0.218 e. The summed E-state index contributed by atoms with van der Waals surface area (Å²) in [6, 6.07) is 10.4. The van der Waals surface area contributed by atoms with Gasteiger partial charge in [-0.05, 0) is 48.9 Å². The van der Waals surface area contributed by atoms with Gasteiger partial charge in [-0.3, -0.25) is 0 Å². The monoisotopic (exact) mass is 522 g/mol. The molecule has 3 rings (SSSR count). The zero-order valence-corrected chi connectivity index (χ0v) is 19.9. The van der Waals surface area contributed by atoms with Crippen LogP contribution in [0.4, 0.5) is 0 Å². The summed E-state index contributed by atoms with van der Waals surface area (Å²) in [7, 11) is -8.03. The molecular formula is C18H13Cl3N2O4S3. The Kier molecular flexibility index (Phi) is 6.81. The van der Waals surface area contributed by atoms with Crippen LogP contribution >= 0.6 is 46.1 Å². The Morgan fingerprint density at radius 1 is 0.967 bits per heavy atom. The van der Waals surface area contributed by atoms with E-state index >= 15 is 0 Å². The number of thiophene rings is 1. The number of benzene rings is 2. The molecule has 1 N–H and O–H groups in total. The first-order chi connectivity index (χ1) is 14.0. The van der Waals surface area contributed by atoms with Crippen molar-refractivity contribution in [3.63, 3.8) is 0 Å². The first-order valence-corrected chi connectivity index (χ1v) is 13.1. The summed E-state index contributed by atoms with van der Waals surface area (Å²) in [4.78, 5) is 1.96. The average Bonchev–Trinajstić information content (AvgIpc) is 3.07. The molecule has 1 heterocycles. The summed E-state index contributed by atoms with van der Waals surface area (Å²) < 4.78 is 50.9. The second-order valence-corrected chi connectivity index (χ2v) is 11.9. The SMILES string of the molecule is Cc1c(S(=O)(=O)c2ccc(Cl)cc2)csc1S(=O)(=O)N/N=C\c1c(Cl)cccc1Cl. The number of nitrogens with zero attached hydrogens (tertiary/aromatic N) is 1. The predicted octanol–water partition coefficient (Wildman–Crippen LogP) is 5.16. The van der Waals surface area contributed by atoms with E-state index < -0.39 is 19.9 Å². The van der Waals surface area contributed by atoms with Crippen molar-refractivity contribution < 1.29 is 16.8 Å². The number of halogens is 3. The molecule has 6 nitrogen and oxygen atoms in total. The Labute approximate surface area is 193 Å². The maximum atomic E-state index is 12.9. The first-order valence-electron chi connectivity index (χ1n) is 8.11. The standard InChI is InChI=1S/C18H13Cl3N2O4S3/c1-11-17(29(24,25)13-7-5-12(19)6-8-13)10-28-18(11)30(26,27)23-22-9-14-15(20)3-2-4-16(14)21/h2-10,23H,1H3/b22-9-. The summed E-state index contributed by atoms with van der Waals surface area (Å²) in [5, 5.41) is 5.97. The van der Waals surface area contributed by atoms with E-state index in [9.17, 15) is 16.8 Å². The van der Waals surface area contributed by atoms with Gasteiger partial charge in [-0.15, -0.1) is 11.3 Å². The quantitative estimate of drug-likeness (QED) is 0.357. The van der Waals surface area contributed by atoms with E-state index in [-0.39, 0.29) is 19.6 Å². The van der Waals surface area contributed by atoms with Crippen LogP contribution < -0.4 is 4.83 Å². The number of hydrogen-bond donors (Lipinski definition) is 1. The maximum Gasteiger partial charge on any atom is 0.286 e. The molecule has 0 saturated carbocycles. The van der Waals surface area contributed by atoms with E-state index in [1.54, 1.807) is 18.2 Å². The molecule has 0 aliphatic rings. The highest BCUT2D eigenvalue weighted by Gasteiger charge is 2.28. The Morgan fingerprint density at radius 3 is 2.17 bits per heavy atom. The van der Waals surface area contributed by atoms with Gasteiger partial charge in [0.1, 0.15) is 4.21 Å². The molecule has 0 fully saturated rings. The van der Waals surface area contributed by atoms with Gasteiger partial charge < -0.3 is 0 Å². The number of sulfonamides is 1. The molecule has 0 amide bonds. The lowest BCUT2D eigenvalue weighted by atomic mass is 10.2. The number of rotatable bonds is 6. The lowest BCUT2D eigenvalue weighted by molar-refractivity contribution is 0.586. The van der Waals surface area contributed by atoms with Gasteiger partial charge >= 0.3 is 0 Å². The van der Waals surface area contributed by atoms with Crippen LogP contribution in [0.15, 0.2) is 66.9 Å². The third-order valence-electron chi connectivity index (χ3n) is 3.97. The lowest BCUT2D eigenvalue weighted by Gasteiger charge is -2.06. The summed E-state index contributed by atoms with van der Waals surface area (Å²) in [5.74, 6) is 0. The van der Waals surface area contributed by atoms with Crippen molar-refractivity contribution in [2.45, 2.75) is 20.9 Å². The highest BCUT2D eigenvalue weighted by molar-refractivity contribution is 7.93. The van der Waals surface area contributed by atoms with Gasteiger partial charge in [0.05, 0.1) is 26.1 Å². The van der Waals surface area contributed by atoms with E-state index in [1.165, 1.54) is 42.8 Å². The van der Waals surface area contributed by atoms with Gasteiger partial charge in [-0.25, -0.2) is 8.42 Å². The zero-order valence-electron chi connectivity index (χ0n) is 15.1. The van der Waals surface area contributed by atoms with E-state index in [0.717, 1.165) is 11.3 Å². The molecule has 0 aliphatic carbocycles. The van der Waals surface area contributed by atoms with Crippen molar-refractivity contribution in [1.82, 2.24) is 4.83 Å². The van der Waals surface area contributed by atoms with Crippen molar-refractivity contribution in [2.75, 3.05) is 0 Å². The number of sulfone groups is 1. The minimum Gasteiger partial charge on any atom is -0.218 e. The molecule has 0 saturated heterocycles. The molecule has 0 spiro atoms. The number of hydrazone groups is 1. The molecule has 1 aromatic heterocycles. The van der Waals surface area contributed by atoms with Crippen LogP contribution in [0, 0.1) is 6.92 Å². The average molecular weight is 524 g/mol. The van der Waals surface area contributed by atoms with Crippen LogP contribution in [-0.4, -0.2) is 23.1 Å². The minimum atomic E-state index is -4.12. The number of hydrogen-bond acceptors (Lipinski definition) is 6. The Hall–Kier alpha value is -1.62. The molecule has 30 heavy (non-hydrogen) atoms. The van der Waals surface area contributed by atoms with Gasteiger partial charge in [-0.2, -0.15) is 18.4 Å². The molecule has 0 unspecified atom stereocenters. The molecule has 0 atom stereocenters. The third kappa shape index (κ3) is 4.66. The van der Waals surface area contributed by atoms with Gasteiger partial charge in [0, 0.05) is 16.0 Å². The Morgan fingerprint density at radius 2 is 1.57 bits per heavy atom. The largest absolute Gasteiger partial charge is 0.286 e. The second kappa shape index (κ2) is 8.86. The molecule has 0 aliphatic heterocycles. The summed E-state index contributed by atoms with van der Waals surface area (Å²) in [6.45, 7) is 1.42. The molecule has 12 heteroatoms.